The minimum absolute atomic E-state index is 0.0232. The van der Waals surface area contributed by atoms with Crippen LogP contribution in [0.4, 0.5) is 0 Å². The van der Waals surface area contributed by atoms with Crippen LogP contribution in [0.25, 0.3) is 5.57 Å². The molecule has 0 aliphatic rings. The summed E-state index contributed by atoms with van der Waals surface area (Å²) in [5.74, 6) is -0.926. The highest BCUT2D eigenvalue weighted by Crippen LogP contribution is 2.29. The molecule has 4 nitrogen and oxygen atoms in total. The summed E-state index contributed by atoms with van der Waals surface area (Å²) in [4.78, 5) is 14.6. The topological polar surface area (TPSA) is 70.4 Å². The summed E-state index contributed by atoms with van der Waals surface area (Å²) in [6.07, 6.45) is 1.39. The standard InChI is InChI=1S/C10H11NO3S/c1-5(10(13)14)7-3-11-6(2)9(12)8(7)4-15/h3,12,15H,1,4H2,2H3,(H,13,14). The lowest BCUT2D eigenvalue weighted by Crippen LogP contribution is -2.03. The Hall–Kier alpha value is -1.49. The van der Waals surface area contributed by atoms with Crippen molar-refractivity contribution in [3.63, 3.8) is 0 Å². The fourth-order valence-electron chi connectivity index (χ4n) is 1.18. The largest absolute Gasteiger partial charge is 0.506 e. The van der Waals surface area contributed by atoms with Gasteiger partial charge in [0.1, 0.15) is 5.75 Å². The number of aliphatic carboxylic acids is 1. The van der Waals surface area contributed by atoms with Crippen molar-refractivity contribution < 1.29 is 15.0 Å². The molecular weight excluding hydrogens is 214 g/mol. The summed E-state index contributed by atoms with van der Waals surface area (Å²) in [6.45, 7) is 5.05. The predicted octanol–water partition coefficient (Wildman–Crippen LogP) is 1.62. The van der Waals surface area contributed by atoms with E-state index in [1.807, 2.05) is 0 Å². The smallest absolute Gasteiger partial charge is 0.335 e. The molecule has 0 aliphatic heterocycles. The molecule has 1 aromatic heterocycles. The highest BCUT2D eigenvalue weighted by atomic mass is 32.1. The molecule has 0 unspecified atom stereocenters. The molecule has 0 amide bonds. The van der Waals surface area contributed by atoms with E-state index in [2.05, 4.69) is 24.2 Å². The molecule has 0 saturated carbocycles. The number of carboxylic acid groups (broad SMARTS) is 1. The molecule has 0 atom stereocenters. The van der Waals surface area contributed by atoms with Gasteiger partial charge in [-0.25, -0.2) is 4.79 Å². The van der Waals surface area contributed by atoms with Crippen LogP contribution in [0, 0.1) is 6.92 Å². The van der Waals surface area contributed by atoms with Crippen molar-refractivity contribution in [3.05, 3.63) is 29.6 Å². The van der Waals surface area contributed by atoms with Crippen molar-refractivity contribution in [1.29, 1.82) is 0 Å². The average Bonchev–Trinajstić information content (AvgIpc) is 2.20. The van der Waals surface area contributed by atoms with Crippen molar-refractivity contribution in [2.75, 3.05) is 0 Å². The van der Waals surface area contributed by atoms with E-state index in [0.29, 0.717) is 16.8 Å². The van der Waals surface area contributed by atoms with Gasteiger partial charge < -0.3 is 10.2 Å². The molecule has 1 rings (SSSR count). The molecule has 0 saturated heterocycles. The number of carboxylic acids is 1. The fraction of sp³-hybridized carbons (Fsp3) is 0.200. The molecule has 80 valence electrons. The zero-order chi connectivity index (χ0) is 11.6. The van der Waals surface area contributed by atoms with Crippen LogP contribution < -0.4 is 0 Å². The van der Waals surface area contributed by atoms with E-state index in [1.54, 1.807) is 6.92 Å². The van der Waals surface area contributed by atoms with Crippen LogP contribution in [0.5, 0.6) is 5.75 Å². The fourth-order valence-corrected chi connectivity index (χ4v) is 1.50. The second-order valence-corrected chi connectivity index (χ2v) is 3.34. The molecule has 1 aromatic rings. The molecule has 0 aromatic carbocycles. The monoisotopic (exact) mass is 225 g/mol. The van der Waals surface area contributed by atoms with E-state index in [0.717, 1.165) is 0 Å². The first-order valence-corrected chi connectivity index (χ1v) is 4.83. The zero-order valence-electron chi connectivity index (χ0n) is 8.19. The Morgan fingerprint density at radius 1 is 1.67 bits per heavy atom. The molecule has 0 aliphatic carbocycles. The number of aromatic nitrogens is 1. The number of thiol groups is 1. The van der Waals surface area contributed by atoms with Gasteiger partial charge in [0.15, 0.2) is 0 Å². The lowest BCUT2D eigenvalue weighted by Gasteiger charge is -2.10. The minimum Gasteiger partial charge on any atom is -0.506 e. The minimum atomic E-state index is -1.14. The Morgan fingerprint density at radius 2 is 2.27 bits per heavy atom. The van der Waals surface area contributed by atoms with Gasteiger partial charge >= 0.3 is 5.97 Å². The lowest BCUT2D eigenvalue weighted by atomic mass is 10.0. The third kappa shape index (κ3) is 2.12. The Morgan fingerprint density at radius 3 is 2.73 bits per heavy atom. The SMILES string of the molecule is C=C(C(=O)O)c1cnc(C)c(O)c1CS. The highest BCUT2D eigenvalue weighted by molar-refractivity contribution is 7.79. The van der Waals surface area contributed by atoms with Crippen LogP contribution >= 0.6 is 12.6 Å². The van der Waals surface area contributed by atoms with Crippen LogP contribution in [-0.4, -0.2) is 21.2 Å². The number of nitrogens with zero attached hydrogens (tertiary/aromatic N) is 1. The van der Waals surface area contributed by atoms with Crippen molar-refractivity contribution in [2.45, 2.75) is 12.7 Å². The summed E-state index contributed by atoms with van der Waals surface area (Å²) in [5, 5.41) is 18.4. The van der Waals surface area contributed by atoms with Crippen molar-refractivity contribution >= 4 is 24.2 Å². The molecule has 2 N–H and O–H groups in total. The van der Waals surface area contributed by atoms with Crippen molar-refractivity contribution in [1.82, 2.24) is 4.98 Å². The number of pyridine rings is 1. The number of hydrogen-bond acceptors (Lipinski definition) is 4. The molecule has 0 fully saturated rings. The van der Waals surface area contributed by atoms with E-state index >= 15 is 0 Å². The second-order valence-electron chi connectivity index (χ2n) is 3.03. The first-order chi connectivity index (χ1) is 6.99. The lowest BCUT2D eigenvalue weighted by molar-refractivity contribution is -0.130. The van der Waals surface area contributed by atoms with Gasteiger partial charge in [0, 0.05) is 23.1 Å². The van der Waals surface area contributed by atoms with E-state index in [4.69, 9.17) is 5.11 Å². The van der Waals surface area contributed by atoms with Crippen LogP contribution in [0.15, 0.2) is 12.8 Å². The second kappa shape index (κ2) is 4.35. The number of aryl methyl sites for hydroxylation is 1. The maximum atomic E-state index is 10.7. The molecule has 0 spiro atoms. The van der Waals surface area contributed by atoms with E-state index in [-0.39, 0.29) is 17.1 Å². The molecule has 1 heterocycles. The molecule has 0 bridgehead atoms. The average molecular weight is 225 g/mol. The maximum absolute atomic E-state index is 10.7. The Labute approximate surface area is 92.7 Å². The zero-order valence-corrected chi connectivity index (χ0v) is 9.08. The van der Waals surface area contributed by atoms with E-state index in [9.17, 15) is 9.90 Å². The third-order valence-electron chi connectivity index (χ3n) is 2.08. The van der Waals surface area contributed by atoms with Gasteiger partial charge in [0.25, 0.3) is 0 Å². The highest BCUT2D eigenvalue weighted by Gasteiger charge is 2.16. The summed E-state index contributed by atoms with van der Waals surface area (Å²) in [6, 6.07) is 0. The van der Waals surface area contributed by atoms with Gasteiger partial charge in [-0.3, -0.25) is 4.98 Å². The molecule has 15 heavy (non-hydrogen) atoms. The normalized spacial score (nSPS) is 10.0. The van der Waals surface area contributed by atoms with Gasteiger partial charge in [0.05, 0.1) is 11.3 Å². The Balaban J connectivity index is 3.37. The van der Waals surface area contributed by atoms with Gasteiger partial charge in [-0.05, 0) is 6.92 Å². The number of hydrogen-bond donors (Lipinski definition) is 3. The quantitative estimate of drug-likeness (QED) is 0.540. The third-order valence-corrected chi connectivity index (χ3v) is 2.40. The van der Waals surface area contributed by atoms with Crippen molar-refractivity contribution in [2.24, 2.45) is 0 Å². The Kier molecular flexibility index (Phi) is 3.36. The summed E-state index contributed by atoms with van der Waals surface area (Å²) < 4.78 is 0. The van der Waals surface area contributed by atoms with Crippen LogP contribution in [0.3, 0.4) is 0 Å². The maximum Gasteiger partial charge on any atom is 0.335 e. The number of rotatable bonds is 3. The Bertz CT molecular complexity index is 429. The summed E-state index contributed by atoms with van der Waals surface area (Å²) >= 11 is 4.04. The number of aromatic hydroxyl groups is 1. The van der Waals surface area contributed by atoms with Gasteiger partial charge in [-0.2, -0.15) is 12.6 Å². The number of carbonyl (C=O) groups is 1. The van der Waals surface area contributed by atoms with Gasteiger partial charge in [-0.1, -0.05) is 6.58 Å². The van der Waals surface area contributed by atoms with E-state index in [1.165, 1.54) is 6.20 Å². The molecule has 5 heteroatoms. The first kappa shape index (κ1) is 11.6. The van der Waals surface area contributed by atoms with Gasteiger partial charge in [0.2, 0.25) is 0 Å². The molecule has 0 radical (unpaired) electrons. The van der Waals surface area contributed by atoms with Crippen molar-refractivity contribution in [3.8, 4) is 5.75 Å². The summed E-state index contributed by atoms with van der Waals surface area (Å²) in [5.41, 5.74) is 1.11. The van der Waals surface area contributed by atoms with Crippen LogP contribution in [0.1, 0.15) is 16.8 Å². The van der Waals surface area contributed by atoms with Crippen LogP contribution in [-0.2, 0) is 10.5 Å². The van der Waals surface area contributed by atoms with Gasteiger partial charge in [-0.15, -0.1) is 0 Å². The summed E-state index contributed by atoms with van der Waals surface area (Å²) in [7, 11) is 0. The predicted molar refractivity (Wildman–Crippen MR) is 60.0 cm³/mol. The van der Waals surface area contributed by atoms with Crippen LogP contribution in [0.2, 0.25) is 0 Å². The molecular formula is C10H11NO3S. The first-order valence-electron chi connectivity index (χ1n) is 4.20. The van der Waals surface area contributed by atoms with E-state index < -0.39 is 5.97 Å².